The fraction of sp³-hybridized carbons (Fsp3) is 0.417. The van der Waals surface area contributed by atoms with Gasteiger partial charge in [0.2, 0.25) is 0 Å². The van der Waals surface area contributed by atoms with Crippen LogP contribution in [0.15, 0.2) is 24.3 Å². The first-order valence-electron chi connectivity index (χ1n) is 4.93. The van der Waals surface area contributed by atoms with Gasteiger partial charge in [0.15, 0.2) is 0 Å². The minimum Gasteiger partial charge on any atom is -0.481 e. The van der Waals surface area contributed by atoms with E-state index in [1.807, 2.05) is 38.1 Å². The van der Waals surface area contributed by atoms with Gasteiger partial charge in [-0.1, -0.05) is 43.6 Å². The fourth-order valence-corrected chi connectivity index (χ4v) is 2.66. The van der Waals surface area contributed by atoms with Gasteiger partial charge in [0.1, 0.15) is 0 Å². The molecule has 2 rings (SSSR count). The summed E-state index contributed by atoms with van der Waals surface area (Å²) in [5, 5.41) is 9.73. The molecule has 0 radical (unpaired) electrons. The Bertz CT molecular complexity index is 412. The van der Waals surface area contributed by atoms with E-state index in [9.17, 15) is 4.79 Å². The third-order valence-electron chi connectivity index (χ3n) is 3.33. The topological polar surface area (TPSA) is 37.3 Å². The zero-order chi connectivity index (χ0) is 11.2. The first-order chi connectivity index (χ1) is 6.96. The number of halogens is 1. The monoisotopic (exact) mass is 224 g/mol. The lowest BCUT2D eigenvalue weighted by atomic mass is 10.0. The molecule has 2 atom stereocenters. The van der Waals surface area contributed by atoms with Gasteiger partial charge < -0.3 is 5.11 Å². The zero-order valence-electron chi connectivity index (χ0n) is 8.70. The molecule has 1 aromatic rings. The second-order valence-corrected chi connectivity index (χ2v) is 5.04. The van der Waals surface area contributed by atoms with Crippen molar-refractivity contribution in [1.82, 2.24) is 0 Å². The molecule has 0 spiro atoms. The molecule has 2 unspecified atom stereocenters. The molecule has 2 nitrogen and oxygen atoms in total. The molecule has 0 heterocycles. The lowest BCUT2D eigenvalue weighted by Crippen LogP contribution is -2.03. The van der Waals surface area contributed by atoms with Crippen molar-refractivity contribution in [3.05, 3.63) is 34.9 Å². The van der Waals surface area contributed by atoms with Gasteiger partial charge in [0.05, 0.1) is 5.92 Å². The number of carbonyl (C=O) groups is 1. The van der Waals surface area contributed by atoms with Gasteiger partial charge >= 0.3 is 5.97 Å². The standard InChI is InChI=1S/C12H13ClO2/c1-12(2)9(10(12)11(14)15)7-5-3-4-6-8(7)13/h3-6,9-10H,1-2H3,(H,14,15). The molecule has 1 aliphatic rings. The molecule has 1 N–H and O–H groups in total. The predicted molar refractivity (Wildman–Crippen MR) is 59.1 cm³/mol. The Hall–Kier alpha value is -1.02. The van der Waals surface area contributed by atoms with Crippen LogP contribution >= 0.6 is 11.6 Å². The van der Waals surface area contributed by atoms with Crippen LogP contribution in [-0.4, -0.2) is 11.1 Å². The number of rotatable bonds is 2. The summed E-state index contributed by atoms with van der Waals surface area (Å²) in [6.07, 6.45) is 0. The average Bonchev–Trinajstić information content (AvgIpc) is 2.70. The maximum atomic E-state index is 11.0. The van der Waals surface area contributed by atoms with Crippen molar-refractivity contribution >= 4 is 17.6 Å². The maximum Gasteiger partial charge on any atom is 0.307 e. The molecule has 0 aliphatic heterocycles. The van der Waals surface area contributed by atoms with E-state index >= 15 is 0 Å². The van der Waals surface area contributed by atoms with E-state index in [0.29, 0.717) is 5.02 Å². The predicted octanol–water partition coefficient (Wildman–Crippen LogP) is 3.16. The van der Waals surface area contributed by atoms with Crippen molar-refractivity contribution in [2.24, 2.45) is 11.3 Å². The summed E-state index contributed by atoms with van der Waals surface area (Å²) < 4.78 is 0. The van der Waals surface area contributed by atoms with Crippen molar-refractivity contribution < 1.29 is 9.90 Å². The first kappa shape index (κ1) is 10.5. The molecular formula is C12H13ClO2. The van der Waals surface area contributed by atoms with E-state index < -0.39 is 5.97 Å². The summed E-state index contributed by atoms with van der Waals surface area (Å²) in [7, 11) is 0. The van der Waals surface area contributed by atoms with Crippen LogP contribution in [0.5, 0.6) is 0 Å². The van der Waals surface area contributed by atoms with Crippen molar-refractivity contribution in [1.29, 1.82) is 0 Å². The van der Waals surface area contributed by atoms with Crippen LogP contribution in [0.2, 0.25) is 5.02 Å². The molecule has 1 saturated carbocycles. The van der Waals surface area contributed by atoms with E-state index in [-0.39, 0.29) is 17.3 Å². The number of hydrogen-bond donors (Lipinski definition) is 1. The van der Waals surface area contributed by atoms with Gasteiger partial charge in [0.25, 0.3) is 0 Å². The van der Waals surface area contributed by atoms with E-state index in [0.717, 1.165) is 5.56 Å². The van der Waals surface area contributed by atoms with E-state index in [1.165, 1.54) is 0 Å². The fourth-order valence-electron chi connectivity index (χ4n) is 2.41. The summed E-state index contributed by atoms with van der Waals surface area (Å²) in [4.78, 5) is 11.0. The van der Waals surface area contributed by atoms with Gasteiger partial charge in [-0.05, 0) is 17.0 Å². The Balaban J connectivity index is 2.36. The molecule has 3 heteroatoms. The summed E-state index contributed by atoms with van der Waals surface area (Å²) in [5.74, 6) is -0.994. The summed E-state index contributed by atoms with van der Waals surface area (Å²) in [5.41, 5.74) is 0.771. The van der Waals surface area contributed by atoms with Crippen LogP contribution in [-0.2, 0) is 4.79 Å². The van der Waals surface area contributed by atoms with Crippen molar-refractivity contribution in [3.63, 3.8) is 0 Å². The number of hydrogen-bond acceptors (Lipinski definition) is 1. The lowest BCUT2D eigenvalue weighted by Gasteiger charge is -2.04. The average molecular weight is 225 g/mol. The van der Waals surface area contributed by atoms with Crippen LogP contribution in [0.4, 0.5) is 0 Å². The normalized spacial score (nSPS) is 27.4. The van der Waals surface area contributed by atoms with E-state index in [2.05, 4.69) is 0 Å². The smallest absolute Gasteiger partial charge is 0.307 e. The van der Waals surface area contributed by atoms with E-state index in [1.54, 1.807) is 0 Å². The summed E-state index contributed by atoms with van der Waals surface area (Å²) in [6, 6.07) is 7.48. The number of carboxylic acids is 1. The number of carboxylic acid groups (broad SMARTS) is 1. The molecule has 1 aromatic carbocycles. The van der Waals surface area contributed by atoms with Crippen molar-refractivity contribution in [3.8, 4) is 0 Å². The molecule has 80 valence electrons. The summed E-state index contributed by atoms with van der Waals surface area (Å²) >= 11 is 6.06. The SMILES string of the molecule is CC1(C)C(C(=O)O)C1c1ccccc1Cl. The van der Waals surface area contributed by atoms with Crippen LogP contribution in [0.25, 0.3) is 0 Å². The highest BCUT2D eigenvalue weighted by Crippen LogP contribution is 2.65. The van der Waals surface area contributed by atoms with E-state index in [4.69, 9.17) is 16.7 Å². The molecule has 0 bridgehead atoms. The Morgan fingerprint density at radius 2 is 2.00 bits per heavy atom. The lowest BCUT2D eigenvalue weighted by molar-refractivity contribution is -0.139. The highest BCUT2D eigenvalue weighted by Gasteiger charge is 2.63. The summed E-state index contributed by atoms with van der Waals surface area (Å²) in [6.45, 7) is 3.94. The van der Waals surface area contributed by atoms with Crippen LogP contribution in [0, 0.1) is 11.3 Å². The molecule has 1 aliphatic carbocycles. The van der Waals surface area contributed by atoms with Gasteiger partial charge in [0, 0.05) is 10.9 Å². The third-order valence-corrected chi connectivity index (χ3v) is 3.68. The van der Waals surface area contributed by atoms with Crippen molar-refractivity contribution in [2.45, 2.75) is 19.8 Å². The third kappa shape index (κ3) is 1.53. The van der Waals surface area contributed by atoms with Gasteiger partial charge in [-0.25, -0.2) is 0 Å². The highest BCUT2D eigenvalue weighted by molar-refractivity contribution is 6.31. The van der Waals surface area contributed by atoms with Crippen LogP contribution in [0.3, 0.4) is 0 Å². The maximum absolute atomic E-state index is 11.0. The minimum atomic E-state index is -0.732. The Morgan fingerprint density at radius 3 is 2.47 bits per heavy atom. The second kappa shape index (κ2) is 3.24. The number of aliphatic carboxylic acids is 1. The zero-order valence-corrected chi connectivity index (χ0v) is 9.45. The quantitative estimate of drug-likeness (QED) is 0.838. The number of benzene rings is 1. The van der Waals surface area contributed by atoms with Gasteiger partial charge in [-0.3, -0.25) is 4.79 Å². The Morgan fingerprint density at radius 1 is 1.40 bits per heavy atom. The highest BCUT2D eigenvalue weighted by atomic mass is 35.5. The van der Waals surface area contributed by atoms with Crippen molar-refractivity contribution in [2.75, 3.05) is 0 Å². The molecule has 0 amide bonds. The van der Waals surface area contributed by atoms with Crippen LogP contribution in [0.1, 0.15) is 25.3 Å². The minimum absolute atomic E-state index is 0.0451. The molecular weight excluding hydrogens is 212 g/mol. The van der Waals surface area contributed by atoms with Crippen LogP contribution < -0.4 is 0 Å². The van der Waals surface area contributed by atoms with Gasteiger partial charge in [-0.15, -0.1) is 0 Å². The Kier molecular flexibility index (Phi) is 2.27. The molecule has 15 heavy (non-hydrogen) atoms. The Labute approximate surface area is 93.9 Å². The second-order valence-electron chi connectivity index (χ2n) is 4.64. The molecule has 1 fully saturated rings. The molecule has 0 saturated heterocycles. The van der Waals surface area contributed by atoms with Gasteiger partial charge in [-0.2, -0.15) is 0 Å². The molecule has 0 aromatic heterocycles. The largest absolute Gasteiger partial charge is 0.481 e. The first-order valence-corrected chi connectivity index (χ1v) is 5.31.